The highest BCUT2D eigenvalue weighted by atomic mass is 79.9. The number of methoxy groups -OCH3 is 1. The fourth-order valence-corrected chi connectivity index (χ4v) is 2.39. The van der Waals surface area contributed by atoms with E-state index in [9.17, 15) is 0 Å². The molecule has 0 saturated carbocycles. The lowest BCUT2D eigenvalue weighted by molar-refractivity contribution is 0.411. The SMILES string of the molecule is COc1ccc([C@H](C)CC(C)C)cc1Br. The predicted molar refractivity (Wildman–Crippen MR) is 68.6 cm³/mol. The molecule has 1 aromatic carbocycles. The summed E-state index contributed by atoms with van der Waals surface area (Å²) < 4.78 is 6.25. The first-order valence-corrected chi connectivity index (χ1v) is 6.17. The monoisotopic (exact) mass is 270 g/mol. The van der Waals surface area contributed by atoms with Gasteiger partial charge < -0.3 is 4.74 Å². The topological polar surface area (TPSA) is 9.23 Å². The van der Waals surface area contributed by atoms with Gasteiger partial charge in [0.25, 0.3) is 0 Å². The highest BCUT2D eigenvalue weighted by molar-refractivity contribution is 9.10. The summed E-state index contributed by atoms with van der Waals surface area (Å²) in [5, 5.41) is 0. The van der Waals surface area contributed by atoms with E-state index in [-0.39, 0.29) is 0 Å². The van der Waals surface area contributed by atoms with Crippen LogP contribution in [0.25, 0.3) is 0 Å². The fraction of sp³-hybridized carbons (Fsp3) is 0.538. The molecule has 0 aliphatic heterocycles. The Balaban J connectivity index is 2.82. The second-order valence-corrected chi connectivity index (χ2v) is 5.28. The van der Waals surface area contributed by atoms with Gasteiger partial charge in [0.05, 0.1) is 11.6 Å². The van der Waals surface area contributed by atoms with Gasteiger partial charge in [0.15, 0.2) is 0 Å². The second kappa shape index (κ2) is 5.55. The summed E-state index contributed by atoms with van der Waals surface area (Å²) in [4.78, 5) is 0. The van der Waals surface area contributed by atoms with Gasteiger partial charge in [-0.15, -0.1) is 0 Å². The first-order valence-electron chi connectivity index (χ1n) is 5.38. The third-order valence-corrected chi connectivity index (χ3v) is 3.19. The number of halogens is 1. The maximum atomic E-state index is 5.21. The lowest BCUT2D eigenvalue weighted by Crippen LogP contribution is -1.99. The molecule has 0 bridgehead atoms. The van der Waals surface area contributed by atoms with Crippen molar-refractivity contribution in [3.8, 4) is 5.75 Å². The molecule has 0 aromatic heterocycles. The molecule has 0 N–H and O–H groups in total. The molecule has 15 heavy (non-hydrogen) atoms. The molecule has 0 fully saturated rings. The summed E-state index contributed by atoms with van der Waals surface area (Å²) in [6.45, 7) is 6.79. The zero-order valence-electron chi connectivity index (χ0n) is 9.88. The lowest BCUT2D eigenvalue weighted by Gasteiger charge is -2.15. The number of rotatable bonds is 4. The van der Waals surface area contributed by atoms with Crippen LogP contribution in [0.4, 0.5) is 0 Å². The van der Waals surface area contributed by atoms with Crippen molar-refractivity contribution in [1.82, 2.24) is 0 Å². The summed E-state index contributed by atoms with van der Waals surface area (Å²) >= 11 is 3.52. The van der Waals surface area contributed by atoms with Crippen LogP contribution in [0.5, 0.6) is 5.75 Å². The van der Waals surface area contributed by atoms with Crippen molar-refractivity contribution in [3.05, 3.63) is 28.2 Å². The van der Waals surface area contributed by atoms with E-state index in [0.29, 0.717) is 5.92 Å². The van der Waals surface area contributed by atoms with Crippen LogP contribution in [-0.4, -0.2) is 7.11 Å². The Labute approximate surface area is 101 Å². The number of hydrogen-bond acceptors (Lipinski definition) is 1. The highest BCUT2D eigenvalue weighted by Crippen LogP contribution is 2.30. The van der Waals surface area contributed by atoms with Gasteiger partial charge in [-0.2, -0.15) is 0 Å². The molecule has 0 heterocycles. The zero-order chi connectivity index (χ0) is 11.4. The van der Waals surface area contributed by atoms with Crippen molar-refractivity contribution >= 4 is 15.9 Å². The van der Waals surface area contributed by atoms with Crippen LogP contribution >= 0.6 is 15.9 Å². The normalized spacial score (nSPS) is 12.9. The van der Waals surface area contributed by atoms with Crippen LogP contribution in [0.3, 0.4) is 0 Å². The van der Waals surface area contributed by atoms with Crippen molar-refractivity contribution < 1.29 is 4.74 Å². The Morgan fingerprint density at radius 3 is 2.40 bits per heavy atom. The number of ether oxygens (including phenoxy) is 1. The molecule has 1 aromatic rings. The van der Waals surface area contributed by atoms with Crippen LogP contribution < -0.4 is 4.74 Å². The summed E-state index contributed by atoms with van der Waals surface area (Å²) in [5.74, 6) is 2.24. The van der Waals surface area contributed by atoms with E-state index in [1.54, 1.807) is 7.11 Å². The molecule has 0 saturated heterocycles. The average Bonchev–Trinajstić information content (AvgIpc) is 2.16. The first-order chi connectivity index (χ1) is 7.04. The van der Waals surface area contributed by atoms with Crippen molar-refractivity contribution in [2.45, 2.75) is 33.1 Å². The third kappa shape index (κ3) is 3.53. The Morgan fingerprint density at radius 2 is 1.93 bits per heavy atom. The van der Waals surface area contributed by atoms with Crippen LogP contribution in [0.2, 0.25) is 0 Å². The van der Waals surface area contributed by atoms with Crippen molar-refractivity contribution in [2.75, 3.05) is 7.11 Å². The zero-order valence-corrected chi connectivity index (χ0v) is 11.5. The standard InChI is InChI=1S/C13H19BrO/c1-9(2)7-10(3)11-5-6-13(15-4)12(14)8-11/h5-6,8-10H,7H2,1-4H3/t10-/m1/s1. The van der Waals surface area contributed by atoms with E-state index in [0.717, 1.165) is 16.1 Å². The largest absolute Gasteiger partial charge is 0.496 e. The van der Waals surface area contributed by atoms with Gasteiger partial charge >= 0.3 is 0 Å². The summed E-state index contributed by atoms with van der Waals surface area (Å²) in [6.07, 6.45) is 1.22. The van der Waals surface area contributed by atoms with Gasteiger partial charge in [0.2, 0.25) is 0 Å². The van der Waals surface area contributed by atoms with E-state index in [1.165, 1.54) is 12.0 Å². The van der Waals surface area contributed by atoms with E-state index in [2.05, 4.69) is 48.8 Å². The molecule has 0 aliphatic carbocycles. The van der Waals surface area contributed by atoms with Crippen LogP contribution in [-0.2, 0) is 0 Å². The molecule has 84 valence electrons. The molecule has 0 spiro atoms. The highest BCUT2D eigenvalue weighted by Gasteiger charge is 2.09. The van der Waals surface area contributed by atoms with Crippen LogP contribution in [0.15, 0.2) is 22.7 Å². The average molecular weight is 271 g/mol. The first kappa shape index (κ1) is 12.6. The van der Waals surface area contributed by atoms with Gasteiger partial charge in [-0.1, -0.05) is 26.8 Å². The van der Waals surface area contributed by atoms with Crippen molar-refractivity contribution in [1.29, 1.82) is 0 Å². The number of hydrogen-bond donors (Lipinski definition) is 0. The quantitative estimate of drug-likeness (QED) is 0.777. The van der Waals surface area contributed by atoms with E-state index in [1.807, 2.05) is 6.07 Å². The minimum Gasteiger partial charge on any atom is -0.496 e. The fourth-order valence-electron chi connectivity index (χ4n) is 1.83. The molecule has 0 unspecified atom stereocenters. The Bertz CT molecular complexity index is 320. The molecule has 0 radical (unpaired) electrons. The molecule has 1 atom stereocenters. The Kier molecular flexibility index (Phi) is 4.65. The maximum Gasteiger partial charge on any atom is 0.133 e. The van der Waals surface area contributed by atoms with Crippen LogP contribution in [0, 0.1) is 5.92 Å². The minimum absolute atomic E-state index is 0.604. The lowest BCUT2D eigenvalue weighted by atomic mass is 9.92. The molecule has 2 heteroatoms. The van der Waals surface area contributed by atoms with Crippen molar-refractivity contribution in [3.63, 3.8) is 0 Å². The van der Waals surface area contributed by atoms with Gasteiger partial charge in [-0.25, -0.2) is 0 Å². The van der Waals surface area contributed by atoms with Gasteiger partial charge in [0.1, 0.15) is 5.75 Å². The van der Waals surface area contributed by atoms with E-state index in [4.69, 9.17) is 4.74 Å². The summed E-state index contributed by atoms with van der Waals surface area (Å²) in [7, 11) is 1.69. The van der Waals surface area contributed by atoms with Gasteiger partial charge in [0, 0.05) is 0 Å². The molecule has 1 rings (SSSR count). The maximum absolute atomic E-state index is 5.21. The Hall–Kier alpha value is -0.500. The second-order valence-electron chi connectivity index (χ2n) is 4.42. The minimum atomic E-state index is 0.604. The molecular formula is C13H19BrO. The number of benzene rings is 1. The van der Waals surface area contributed by atoms with Gasteiger partial charge in [-0.3, -0.25) is 0 Å². The predicted octanol–water partition coefficient (Wildman–Crippen LogP) is 4.61. The van der Waals surface area contributed by atoms with E-state index < -0.39 is 0 Å². The molecular weight excluding hydrogens is 252 g/mol. The molecule has 1 nitrogen and oxygen atoms in total. The summed E-state index contributed by atoms with van der Waals surface area (Å²) in [6, 6.07) is 6.33. The van der Waals surface area contributed by atoms with Crippen LogP contribution in [0.1, 0.15) is 38.7 Å². The third-order valence-electron chi connectivity index (χ3n) is 2.57. The molecule has 0 amide bonds. The van der Waals surface area contributed by atoms with Gasteiger partial charge in [-0.05, 0) is 51.9 Å². The smallest absolute Gasteiger partial charge is 0.133 e. The van der Waals surface area contributed by atoms with Crippen molar-refractivity contribution in [2.24, 2.45) is 5.92 Å². The Morgan fingerprint density at radius 1 is 1.27 bits per heavy atom. The molecule has 0 aliphatic rings. The van der Waals surface area contributed by atoms with E-state index >= 15 is 0 Å². The summed E-state index contributed by atoms with van der Waals surface area (Å²) in [5.41, 5.74) is 1.37.